The fraction of sp³-hybridized carbons (Fsp3) is 0.667. The highest BCUT2D eigenvalue weighted by molar-refractivity contribution is 6.99. The highest BCUT2D eigenvalue weighted by atomic mass is 32.1. The monoisotopic (exact) mass is 210 g/mol. The summed E-state index contributed by atoms with van der Waals surface area (Å²) in [7, 11) is 0. The molecule has 0 aromatic carbocycles. The van der Waals surface area contributed by atoms with Crippen LogP contribution in [-0.4, -0.2) is 27.7 Å². The van der Waals surface area contributed by atoms with E-state index in [2.05, 4.69) is 8.75 Å². The molecule has 2 unspecified atom stereocenters. The van der Waals surface area contributed by atoms with Crippen molar-refractivity contribution >= 4 is 17.5 Å². The van der Waals surface area contributed by atoms with Gasteiger partial charge >= 0.3 is 0 Å². The maximum absolute atomic E-state index is 11.8. The van der Waals surface area contributed by atoms with E-state index in [0.717, 1.165) is 30.6 Å². The van der Waals surface area contributed by atoms with Gasteiger partial charge in [0, 0.05) is 5.92 Å². The number of fused-ring (bicyclic) bond motifs is 1. The van der Waals surface area contributed by atoms with Gasteiger partial charge in [0.2, 0.25) is 0 Å². The van der Waals surface area contributed by atoms with E-state index < -0.39 is 0 Å². The van der Waals surface area contributed by atoms with Gasteiger partial charge in [-0.2, -0.15) is 8.75 Å². The molecule has 1 aliphatic carbocycles. The van der Waals surface area contributed by atoms with Gasteiger partial charge in [0.25, 0.3) is 0 Å². The van der Waals surface area contributed by atoms with Crippen LogP contribution < -0.4 is 0 Å². The molecule has 74 valence electrons. The Balaban J connectivity index is 1.62. The number of nitrogens with zero attached hydrogens (tertiary/aromatic N) is 2. The van der Waals surface area contributed by atoms with Gasteiger partial charge in [0.05, 0.1) is 43.3 Å². The van der Waals surface area contributed by atoms with Crippen LogP contribution in [0.1, 0.15) is 5.69 Å². The molecule has 5 heteroatoms. The standard InChI is InChI=1S/C9H10N2O2S/c12-8(1-5-2-10-14-11-5)9-6-3-13-4-7(6)9/h2,6-7,9H,1,3-4H2. The Labute approximate surface area is 85.6 Å². The zero-order chi connectivity index (χ0) is 9.54. The lowest BCUT2D eigenvalue weighted by Crippen LogP contribution is -2.12. The molecule has 1 aliphatic heterocycles. The SMILES string of the molecule is O=C(Cc1cnsn1)C1C2COCC21. The topological polar surface area (TPSA) is 52.1 Å². The van der Waals surface area contributed by atoms with E-state index in [4.69, 9.17) is 4.74 Å². The average Bonchev–Trinajstić information content (AvgIpc) is 2.63. The van der Waals surface area contributed by atoms with Crippen molar-refractivity contribution < 1.29 is 9.53 Å². The van der Waals surface area contributed by atoms with Crippen LogP contribution in [0, 0.1) is 17.8 Å². The number of ether oxygens (including phenoxy) is 1. The predicted molar refractivity (Wildman–Crippen MR) is 49.9 cm³/mol. The number of hydrogen-bond acceptors (Lipinski definition) is 5. The zero-order valence-electron chi connectivity index (χ0n) is 7.55. The second-order valence-electron chi connectivity index (χ2n) is 3.93. The maximum Gasteiger partial charge on any atom is 0.142 e. The first-order chi connectivity index (χ1) is 6.86. The molecule has 14 heavy (non-hydrogen) atoms. The van der Waals surface area contributed by atoms with E-state index in [1.165, 1.54) is 0 Å². The van der Waals surface area contributed by atoms with Crippen LogP contribution in [0.2, 0.25) is 0 Å². The molecule has 1 saturated heterocycles. The van der Waals surface area contributed by atoms with Gasteiger partial charge in [-0.05, 0) is 11.8 Å². The third kappa shape index (κ3) is 1.27. The van der Waals surface area contributed by atoms with Crippen molar-refractivity contribution in [3.63, 3.8) is 0 Å². The largest absolute Gasteiger partial charge is 0.381 e. The quantitative estimate of drug-likeness (QED) is 0.730. The molecule has 2 heterocycles. The molecule has 4 nitrogen and oxygen atoms in total. The highest BCUT2D eigenvalue weighted by Gasteiger charge is 2.57. The Bertz CT molecular complexity index is 342. The van der Waals surface area contributed by atoms with Crippen LogP contribution in [0.5, 0.6) is 0 Å². The zero-order valence-corrected chi connectivity index (χ0v) is 8.37. The number of ketones is 1. The Morgan fingerprint density at radius 2 is 2.36 bits per heavy atom. The first-order valence-electron chi connectivity index (χ1n) is 4.73. The first-order valence-corrected chi connectivity index (χ1v) is 5.46. The fourth-order valence-corrected chi connectivity index (χ4v) is 2.71. The molecule has 0 radical (unpaired) electrons. The van der Waals surface area contributed by atoms with Gasteiger partial charge in [-0.15, -0.1) is 0 Å². The van der Waals surface area contributed by atoms with Crippen LogP contribution in [0.3, 0.4) is 0 Å². The highest BCUT2D eigenvalue weighted by Crippen LogP contribution is 2.51. The van der Waals surface area contributed by atoms with Crippen LogP contribution in [0.4, 0.5) is 0 Å². The molecule has 0 bridgehead atoms. The van der Waals surface area contributed by atoms with Crippen LogP contribution in [0.15, 0.2) is 6.20 Å². The Morgan fingerprint density at radius 3 is 3.00 bits per heavy atom. The summed E-state index contributed by atoms with van der Waals surface area (Å²) in [6.07, 6.45) is 2.13. The molecular weight excluding hydrogens is 200 g/mol. The number of carbonyl (C=O) groups excluding carboxylic acids is 1. The summed E-state index contributed by atoms with van der Waals surface area (Å²) in [6, 6.07) is 0. The summed E-state index contributed by atoms with van der Waals surface area (Å²) in [5.74, 6) is 1.59. The van der Waals surface area contributed by atoms with Crippen molar-refractivity contribution in [1.29, 1.82) is 0 Å². The minimum Gasteiger partial charge on any atom is -0.381 e. The fourth-order valence-electron chi connectivity index (χ4n) is 2.28. The molecule has 2 fully saturated rings. The van der Waals surface area contributed by atoms with E-state index in [-0.39, 0.29) is 5.92 Å². The molecule has 2 aliphatic rings. The smallest absolute Gasteiger partial charge is 0.142 e. The number of rotatable bonds is 3. The number of carbonyl (C=O) groups is 1. The molecule has 0 amide bonds. The van der Waals surface area contributed by atoms with Gasteiger partial charge in [0.15, 0.2) is 0 Å². The molecule has 1 saturated carbocycles. The summed E-state index contributed by atoms with van der Waals surface area (Å²) in [5, 5.41) is 0. The lowest BCUT2D eigenvalue weighted by Gasteiger charge is -2.01. The second kappa shape index (κ2) is 3.10. The van der Waals surface area contributed by atoms with Gasteiger partial charge in [0.1, 0.15) is 5.78 Å². The van der Waals surface area contributed by atoms with E-state index in [1.807, 2.05) is 0 Å². The van der Waals surface area contributed by atoms with E-state index >= 15 is 0 Å². The van der Waals surface area contributed by atoms with Crippen molar-refractivity contribution in [2.24, 2.45) is 17.8 Å². The summed E-state index contributed by atoms with van der Waals surface area (Å²) >= 11 is 1.16. The van der Waals surface area contributed by atoms with Crippen LogP contribution in [-0.2, 0) is 16.0 Å². The molecule has 3 rings (SSSR count). The Hall–Kier alpha value is -0.810. The van der Waals surface area contributed by atoms with Crippen molar-refractivity contribution in [2.45, 2.75) is 6.42 Å². The molecule has 1 aromatic rings. The second-order valence-corrected chi connectivity index (χ2v) is 4.49. The van der Waals surface area contributed by atoms with Gasteiger partial charge in [-0.3, -0.25) is 4.79 Å². The summed E-state index contributed by atoms with van der Waals surface area (Å²) in [5.41, 5.74) is 0.811. The van der Waals surface area contributed by atoms with Crippen molar-refractivity contribution in [1.82, 2.24) is 8.75 Å². The van der Waals surface area contributed by atoms with E-state index in [9.17, 15) is 4.79 Å². The number of Topliss-reactive ketones (excluding diaryl/α,β-unsaturated/α-hetero) is 1. The minimum atomic E-state index is 0.255. The first kappa shape index (κ1) is 8.49. The third-order valence-corrected chi connectivity index (χ3v) is 3.60. The van der Waals surface area contributed by atoms with Crippen LogP contribution in [0.25, 0.3) is 0 Å². The molecule has 0 spiro atoms. The average molecular weight is 210 g/mol. The third-order valence-electron chi connectivity index (χ3n) is 3.09. The Morgan fingerprint density at radius 1 is 1.57 bits per heavy atom. The number of hydrogen-bond donors (Lipinski definition) is 0. The summed E-state index contributed by atoms with van der Waals surface area (Å²) in [6.45, 7) is 1.55. The summed E-state index contributed by atoms with van der Waals surface area (Å²) < 4.78 is 13.2. The van der Waals surface area contributed by atoms with Crippen molar-refractivity contribution in [3.8, 4) is 0 Å². The van der Waals surface area contributed by atoms with Crippen LogP contribution >= 0.6 is 11.7 Å². The molecule has 2 atom stereocenters. The van der Waals surface area contributed by atoms with Crippen molar-refractivity contribution in [2.75, 3.05) is 13.2 Å². The number of aromatic nitrogens is 2. The lowest BCUT2D eigenvalue weighted by molar-refractivity contribution is -0.121. The van der Waals surface area contributed by atoms with Gasteiger partial charge in [-0.25, -0.2) is 0 Å². The Kier molecular flexibility index (Phi) is 1.88. The lowest BCUT2D eigenvalue weighted by atomic mass is 10.1. The molecular formula is C9H10N2O2S. The predicted octanol–water partition coefficient (Wildman–Crippen LogP) is 0.542. The molecule has 0 N–H and O–H groups in total. The van der Waals surface area contributed by atoms with Crippen molar-refractivity contribution in [3.05, 3.63) is 11.9 Å². The minimum absolute atomic E-state index is 0.255. The van der Waals surface area contributed by atoms with E-state index in [1.54, 1.807) is 6.20 Å². The normalized spacial score (nSPS) is 34.1. The van der Waals surface area contributed by atoms with Gasteiger partial charge in [-0.1, -0.05) is 0 Å². The summed E-state index contributed by atoms with van der Waals surface area (Å²) in [4.78, 5) is 11.8. The van der Waals surface area contributed by atoms with E-state index in [0.29, 0.717) is 24.0 Å². The molecule has 1 aromatic heterocycles. The van der Waals surface area contributed by atoms with Gasteiger partial charge < -0.3 is 4.74 Å². The maximum atomic E-state index is 11.8.